The second kappa shape index (κ2) is 15.7. The van der Waals surface area contributed by atoms with Gasteiger partial charge in [-0.3, -0.25) is 19.2 Å². The molecule has 1 aromatic heterocycles. The van der Waals surface area contributed by atoms with Gasteiger partial charge in [-0.1, -0.05) is 82.1 Å². The zero-order valence-electron chi connectivity index (χ0n) is 28.7. The molecule has 3 aromatic carbocycles. The van der Waals surface area contributed by atoms with E-state index in [9.17, 15) is 19.2 Å². The minimum Gasteiger partial charge on any atom is -0.451 e. The molecule has 0 spiro atoms. The fraction of sp³-hybridized carbons (Fsp3) is 0.385. The molecular weight excluding hydrogens is 640 g/mol. The summed E-state index contributed by atoms with van der Waals surface area (Å²) in [5.41, 5.74) is 3.74. The summed E-state index contributed by atoms with van der Waals surface area (Å²) in [5, 5.41) is 3.84. The predicted molar refractivity (Wildman–Crippen MR) is 194 cm³/mol. The zero-order chi connectivity index (χ0) is 35.1. The van der Waals surface area contributed by atoms with Gasteiger partial charge in [-0.15, -0.1) is 0 Å². The number of nitrogens with zero attached hydrogens (tertiary/aromatic N) is 3. The molecule has 3 amide bonds. The average Bonchev–Trinajstić information content (AvgIpc) is 3.10. The lowest BCUT2D eigenvalue weighted by molar-refractivity contribution is -0.133. The molecular formula is C39H45ClN4O5. The van der Waals surface area contributed by atoms with Crippen LogP contribution in [0.4, 0.5) is 5.69 Å². The Morgan fingerprint density at radius 2 is 1.71 bits per heavy atom. The zero-order valence-corrected chi connectivity index (χ0v) is 29.5. The van der Waals surface area contributed by atoms with Crippen LogP contribution in [0, 0.1) is 0 Å². The molecule has 1 aliphatic rings. The van der Waals surface area contributed by atoms with Gasteiger partial charge in [-0.25, -0.2) is 0 Å². The van der Waals surface area contributed by atoms with Gasteiger partial charge in [-0.2, -0.15) is 0 Å². The van der Waals surface area contributed by atoms with Gasteiger partial charge in [0.15, 0.2) is 11.2 Å². The largest absolute Gasteiger partial charge is 0.451 e. The van der Waals surface area contributed by atoms with E-state index in [0.29, 0.717) is 55.3 Å². The van der Waals surface area contributed by atoms with Gasteiger partial charge in [0, 0.05) is 62.5 Å². The number of para-hydroxylation sites is 1. The lowest BCUT2D eigenvalue weighted by Gasteiger charge is -2.38. The van der Waals surface area contributed by atoms with Crippen molar-refractivity contribution in [2.24, 2.45) is 0 Å². The van der Waals surface area contributed by atoms with Gasteiger partial charge in [0.1, 0.15) is 11.6 Å². The van der Waals surface area contributed by atoms with E-state index in [1.165, 1.54) is 6.07 Å². The number of halogens is 1. The Kier molecular flexibility index (Phi) is 11.4. The number of rotatable bonds is 12. The summed E-state index contributed by atoms with van der Waals surface area (Å²) >= 11 is 6.12. The van der Waals surface area contributed by atoms with Crippen LogP contribution in [0.3, 0.4) is 0 Å². The number of amides is 3. The highest BCUT2D eigenvalue weighted by Gasteiger charge is 2.31. The summed E-state index contributed by atoms with van der Waals surface area (Å²) in [5.74, 6) is -1.01. The molecule has 49 heavy (non-hydrogen) atoms. The van der Waals surface area contributed by atoms with E-state index >= 15 is 0 Å². The SMILES string of the molecule is CCCCN(C=O)Cc1ccccc1N1CCN(C(=O)C(Cc2ccc(Cl)cc2)NC(=O)c2cc(=O)c3cc(C(C)(C)C)ccc3o2)CC1. The van der Waals surface area contributed by atoms with Crippen molar-refractivity contribution in [3.63, 3.8) is 0 Å². The molecule has 1 N–H and O–H groups in total. The monoisotopic (exact) mass is 684 g/mol. The first-order valence-corrected chi connectivity index (χ1v) is 17.3. The van der Waals surface area contributed by atoms with Crippen molar-refractivity contribution in [2.45, 2.75) is 65.0 Å². The van der Waals surface area contributed by atoms with Crippen LogP contribution in [-0.2, 0) is 28.0 Å². The Morgan fingerprint density at radius 3 is 2.39 bits per heavy atom. The Labute approximate surface area is 292 Å². The van der Waals surface area contributed by atoms with E-state index in [4.69, 9.17) is 16.0 Å². The molecule has 0 bridgehead atoms. The molecule has 2 heterocycles. The number of unbranched alkanes of at least 4 members (excludes halogenated alkanes) is 1. The lowest BCUT2D eigenvalue weighted by atomic mass is 9.86. The quantitative estimate of drug-likeness (QED) is 0.179. The minimum absolute atomic E-state index is 0.153. The summed E-state index contributed by atoms with van der Waals surface area (Å²) in [6.07, 6.45) is 3.10. The van der Waals surface area contributed by atoms with Gasteiger partial charge in [-0.05, 0) is 58.9 Å². The van der Waals surface area contributed by atoms with Gasteiger partial charge in [0.25, 0.3) is 5.91 Å². The maximum absolute atomic E-state index is 14.1. The summed E-state index contributed by atoms with van der Waals surface area (Å²) in [4.78, 5) is 58.3. The number of hydrogen-bond acceptors (Lipinski definition) is 6. The molecule has 1 aliphatic heterocycles. The Balaban J connectivity index is 1.33. The molecule has 4 aromatic rings. The molecule has 10 heteroatoms. The molecule has 0 radical (unpaired) electrons. The number of anilines is 1. The third kappa shape index (κ3) is 8.89. The van der Waals surface area contributed by atoms with Crippen molar-refractivity contribution in [3.05, 3.63) is 110 Å². The second-order valence-corrected chi connectivity index (χ2v) is 14.1. The molecule has 0 saturated carbocycles. The fourth-order valence-corrected chi connectivity index (χ4v) is 6.24. The number of benzene rings is 3. The Morgan fingerprint density at radius 1 is 1.00 bits per heavy atom. The molecule has 9 nitrogen and oxygen atoms in total. The van der Waals surface area contributed by atoms with E-state index in [-0.39, 0.29) is 28.9 Å². The third-order valence-electron chi connectivity index (χ3n) is 9.02. The molecule has 0 aliphatic carbocycles. The number of carbonyl (C=O) groups is 3. The number of piperazine rings is 1. The summed E-state index contributed by atoms with van der Waals surface area (Å²) in [6.45, 7) is 11.6. The van der Waals surface area contributed by atoms with Crippen molar-refractivity contribution in [1.29, 1.82) is 0 Å². The molecule has 5 rings (SSSR count). The molecule has 1 fully saturated rings. The summed E-state index contributed by atoms with van der Waals surface area (Å²) < 4.78 is 5.91. The topological polar surface area (TPSA) is 103 Å². The van der Waals surface area contributed by atoms with E-state index in [2.05, 4.69) is 44.0 Å². The van der Waals surface area contributed by atoms with Gasteiger partial charge >= 0.3 is 0 Å². The van der Waals surface area contributed by atoms with Crippen LogP contribution in [0.2, 0.25) is 5.02 Å². The third-order valence-corrected chi connectivity index (χ3v) is 9.27. The Hall–Kier alpha value is -4.63. The van der Waals surface area contributed by atoms with Gasteiger partial charge in [0.05, 0.1) is 5.39 Å². The van der Waals surface area contributed by atoms with Crippen LogP contribution in [0.15, 0.2) is 82.0 Å². The number of hydrogen-bond donors (Lipinski definition) is 1. The minimum atomic E-state index is -0.906. The van der Waals surface area contributed by atoms with Crippen LogP contribution in [0.25, 0.3) is 11.0 Å². The van der Waals surface area contributed by atoms with Crippen LogP contribution < -0.4 is 15.6 Å². The Bertz CT molecular complexity index is 1840. The molecule has 1 unspecified atom stereocenters. The van der Waals surface area contributed by atoms with Crippen LogP contribution in [-0.4, -0.2) is 66.8 Å². The van der Waals surface area contributed by atoms with Gasteiger partial charge < -0.3 is 24.4 Å². The maximum atomic E-state index is 14.1. The van der Waals surface area contributed by atoms with Crippen molar-refractivity contribution in [1.82, 2.24) is 15.1 Å². The van der Waals surface area contributed by atoms with Crippen molar-refractivity contribution in [3.8, 4) is 0 Å². The standard InChI is InChI=1S/C39H45ClN4O5/c1-5-6-17-42(26-45)25-28-9-7-8-10-33(28)43-18-20-44(21-19-43)38(48)32(22-27-11-14-30(40)15-12-27)41-37(47)36-24-34(46)31-23-29(39(2,3)4)13-16-35(31)49-36/h7-16,23-24,26,32H,5-6,17-22,25H2,1-4H3,(H,41,47). The van der Waals surface area contributed by atoms with Crippen LogP contribution in [0.5, 0.6) is 0 Å². The van der Waals surface area contributed by atoms with Crippen LogP contribution >= 0.6 is 11.6 Å². The normalized spacial score (nSPS) is 14.1. The molecule has 258 valence electrons. The van der Waals surface area contributed by atoms with Crippen molar-refractivity contribution >= 4 is 46.5 Å². The number of carbonyl (C=O) groups excluding carboxylic acids is 3. The molecule has 1 atom stereocenters. The first kappa shape index (κ1) is 35.7. The van der Waals surface area contributed by atoms with E-state index in [1.807, 2.05) is 36.4 Å². The van der Waals surface area contributed by atoms with E-state index in [0.717, 1.165) is 41.6 Å². The van der Waals surface area contributed by atoms with Crippen molar-refractivity contribution in [2.75, 3.05) is 37.6 Å². The van der Waals surface area contributed by atoms with Crippen LogP contribution in [0.1, 0.15) is 67.8 Å². The predicted octanol–water partition coefficient (Wildman–Crippen LogP) is 6.19. The number of fused-ring (bicyclic) bond motifs is 1. The highest BCUT2D eigenvalue weighted by atomic mass is 35.5. The van der Waals surface area contributed by atoms with E-state index in [1.54, 1.807) is 34.1 Å². The first-order chi connectivity index (χ1) is 23.5. The molecule has 1 saturated heterocycles. The summed E-state index contributed by atoms with van der Waals surface area (Å²) in [7, 11) is 0. The maximum Gasteiger partial charge on any atom is 0.287 e. The first-order valence-electron chi connectivity index (χ1n) is 16.9. The average molecular weight is 685 g/mol. The highest BCUT2D eigenvalue weighted by molar-refractivity contribution is 6.30. The van der Waals surface area contributed by atoms with E-state index < -0.39 is 11.9 Å². The van der Waals surface area contributed by atoms with Gasteiger partial charge in [0.2, 0.25) is 12.3 Å². The lowest BCUT2D eigenvalue weighted by Crippen LogP contribution is -2.55. The smallest absolute Gasteiger partial charge is 0.287 e. The summed E-state index contributed by atoms with van der Waals surface area (Å²) in [6, 6.07) is 20.9. The fourth-order valence-electron chi connectivity index (χ4n) is 6.11. The van der Waals surface area contributed by atoms with Crippen molar-refractivity contribution < 1.29 is 18.8 Å². The number of nitrogens with one attached hydrogen (secondary N) is 1. The second-order valence-electron chi connectivity index (χ2n) is 13.7. The highest BCUT2D eigenvalue weighted by Crippen LogP contribution is 2.26.